The van der Waals surface area contributed by atoms with Crippen molar-refractivity contribution in [3.8, 4) is 12.3 Å². The van der Waals surface area contributed by atoms with Gasteiger partial charge in [-0.3, -0.25) is 0 Å². The highest BCUT2D eigenvalue weighted by atomic mass is 28.4. The summed E-state index contributed by atoms with van der Waals surface area (Å²) in [5.74, 6) is 2.99. The van der Waals surface area contributed by atoms with Crippen LogP contribution >= 0.6 is 0 Å². The minimum atomic E-state index is -1.90. The summed E-state index contributed by atoms with van der Waals surface area (Å²) >= 11 is 0. The van der Waals surface area contributed by atoms with Gasteiger partial charge in [-0.2, -0.15) is 0 Å². The van der Waals surface area contributed by atoms with Crippen LogP contribution in [-0.4, -0.2) is 28.8 Å². The van der Waals surface area contributed by atoms with Crippen LogP contribution in [0, 0.1) is 18.3 Å². The zero-order valence-electron chi connectivity index (χ0n) is 18.6. The van der Waals surface area contributed by atoms with Gasteiger partial charge < -0.3 is 8.85 Å². The first kappa shape index (κ1) is 24.7. The average molecular weight is 383 g/mol. The largest absolute Gasteiger partial charge is 0.413 e. The van der Waals surface area contributed by atoms with Crippen LogP contribution < -0.4 is 0 Å². The highest BCUT2D eigenvalue weighted by Crippen LogP contribution is 2.41. The second-order valence-corrected chi connectivity index (χ2v) is 19.8. The molecule has 146 valence electrons. The van der Waals surface area contributed by atoms with E-state index in [2.05, 4.69) is 87.2 Å². The summed E-state index contributed by atoms with van der Waals surface area (Å²) in [6.45, 7) is 28.9. The lowest BCUT2D eigenvalue weighted by Gasteiger charge is -2.44. The molecule has 0 N–H and O–H groups in total. The van der Waals surface area contributed by atoms with E-state index < -0.39 is 16.6 Å². The Kier molecular flexibility index (Phi) is 8.44. The van der Waals surface area contributed by atoms with E-state index in [0.717, 1.165) is 0 Å². The Hall–Kier alpha value is -0.346. The molecule has 0 aliphatic heterocycles. The van der Waals surface area contributed by atoms with Gasteiger partial charge in [0.05, 0.1) is 12.2 Å². The summed E-state index contributed by atoms with van der Waals surface area (Å²) < 4.78 is 13.3. The second kappa shape index (κ2) is 8.56. The zero-order valence-corrected chi connectivity index (χ0v) is 20.6. The molecule has 0 bridgehead atoms. The van der Waals surface area contributed by atoms with Gasteiger partial charge >= 0.3 is 0 Å². The van der Waals surface area contributed by atoms with E-state index in [4.69, 9.17) is 15.3 Å². The molecule has 0 rings (SSSR count). The van der Waals surface area contributed by atoms with Crippen molar-refractivity contribution in [2.24, 2.45) is 5.92 Å². The summed E-state index contributed by atoms with van der Waals surface area (Å²) in [7, 11) is -3.78. The van der Waals surface area contributed by atoms with E-state index in [1.807, 2.05) is 6.08 Å². The third kappa shape index (κ3) is 6.71. The van der Waals surface area contributed by atoms with E-state index in [1.54, 1.807) is 0 Å². The highest BCUT2D eigenvalue weighted by molar-refractivity contribution is 6.74. The van der Waals surface area contributed by atoms with Gasteiger partial charge in [-0.1, -0.05) is 54.5 Å². The molecule has 3 atom stereocenters. The third-order valence-electron chi connectivity index (χ3n) is 6.15. The topological polar surface area (TPSA) is 18.5 Å². The van der Waals surface area contributed by atoms with Crippen LogP contribution in [0.1, 0.15) is 54.9 Å². The van der Waals surface area contributed by atoms with Crippen LogP contribution in [-0.2, 0) is 8.85 Å². The Morgan fingerprint density at radius 2 is 1.36 bits per heavy atom. The molecule has 4 heteroatoms. The maximum atomic E-state index is 6.67. The van der Waals surface area contributed by atoms with Crippen LogP contribution in [0.2, 0.25) is 36.3 Å². The number of hydrogen-bond donors (Lipinski definition) is 0. The van der Waals surface area contributed by atoms with Gasteiger partial charge in [-0.25, -0.2) is 0 Å². The molecule has 0 spiro atoms. The normalized spacial score (nSPS) is 17.5. The standard InChI is InChI=1S/C21H42O2Si2/c1-14-16-19(23-25(12,13)21(7,8)9)17(3)18(15-2)22-24(10,11)20(4,5)6/h1,15,17-19H,2,16H2,3-13H3/t17-,18+,19+/m1/s1. The van der Waals surface area contributed by atoms with E-state index in [9.17, 15) is 0 Å². The quantitative estimate of drug-likeness (QED) is 0.267. The average Bonchev–Trinajstić information content (AvgIpc) is 2.40. The molecule has 0 aromatic heterocycles. The van der Waals surface area contributed by atoms with Crippen LogP contribution in [0.3, 0.4) is 0 Å². The predicted molar refractivity (Wildman–Crippen MR) is 117 cm³/mol. The molecular formula is C21H42O2Si2. The summed E-state index contributed by atoms with van der Waals surface area (Å²) in [4.78, 5) is 0. The number of hydrogen-bond acceptors (Lipinski definition) is 2. The molecule has 0 aromatic carbocycles. The Labute approximate surface area is 160 Å². The van der Waals surface area contributed by atoms with Crippen molar-refractivity contribution in [1.29, 1.82) is 0 Å². The molecule has 0 unspecified atom stereocenters. The maximum absolute atomic E-state index is 6.67. The van der Waals surface area contributed by atoms with Gasteiger partial charge in [-0.15, -0.1) is 18.9 Å². The molecule has 0 fully saturated rings. The van der Waals surface area contributed by atoms with Crippen molar-refractivity contribution in [2.75, 3.05) is 0 Å². The molecule has 0 saturated carbocycles. The Balaban J connectivity index is 5.47. The van der Waals surface area contributed by atoms with Crippen LogP contribution in [0.25, 0.3) is 0 Å². The first-order valence-electron chi connectivity index (χ1n) is 9.42. The molecule has 2 nitrogen and oxygen atoms in total. The van der Waals surface area contributed by atoms with E-state index >= 15 is 0 Å². The zero-order chi connectivity index (χ0) is 20.3. The summed E-state index contributed by atoms with van der Waals surface area (Å²) in [6, 6.07) is 0. The third-order valence-corrected chi connectivity index (χ3v) is 15.1. The van der Waals surface area contributed by atoms with Crippen molar-refractivity contribution in [3.05, 3.63) is 12.7 Å². The molecule has 25 heavy (non-hydrogen) atoms. The van der Waals surface area contributed by atoms with Crippen molar-refractivity contribution in [2.45, 2.75) is 103 Å². The van der Waals surface area contributed by atoms with Crippen molar-refractivity contribution < 1.29 is 8.85 Å². The Bertz CT molecular complexity index is 476. The molecule has 0 aliphatic rings. The van der Waals surface area contributed by atoms with Crippen LogP contribution in [0.4, 0.5) is 0 Å². The highest BCUT2D eigenvalue weighted by Gasteiger charge is 2.43. The second-order valence-electron chi connectivity index (χ2n) is 10.3. The minimum Gasteiger partial charge on any atom is -0.413 e. The predicted octanol–water partition coefficient (Wildman–Crippen LogP) is 6.61. The first-order valence-corrected chi connectivity index (χ1v) is 15.2. The van der Waals surface area contributed by atoms with Crippen LogP contribution in [0.5, 0.6) is 0 Å². The smallest absolute Gasteiger partial charge is 0.192 e. The first-order chi connectivity index (χ1) is 11.0. The van der Waals surface area contributed by atoms with E-state index in [1.165, 1.54) is 0 Å². The molecule has 0 aliphatic carbocycles. The van der Waals surface area contributed by atoms with Gasteiger partial charge in [0.1, 0.15) is 0 Å². The monoisotopic (exact) mass is 382 g/mol. The molecule has 0 heterocycles. The SMILES string of the molecule is C#CC[C@H](O[Si](C)(C)C(C)(C)C)[C@H](C)[C@H](C=C)O[Si](C)(C)C(C)(C)C. The number of rotatable bonds is 8. The summed E-state index contributed by atoms with van der Waals surface area (Å²) in [5.41, 5.74) is 0. The Morgan fingerprint density at radius 3 is 1.68 bits per heavy atom. The minimum absolute atomic E-state index is 0.00124. The Morgan fingerprint density at radius 1 is 0.960 bits per heavy atom. The summed E-state index contributed by atoms with van der Waals surface area (Å²) in [5, 5.41) is 0.319. The lowest BCUT2D eigenvalue weighted by Crippen LogP contribution is -2.50. The summed E-state index contributed by atoms with van der Waals surface area (Å²) in [6.07, 6.45) is 8.17. The molecule has 0 radical (unpaired) electrons. The van der Waals surface area contributed by atoms with Gasteiger partial charge in [0.15, 0.2) is 16.6 Å². The van der Waals surface area contributed by atoms with E-state index in [-0.39, 0.29) is 28.2 Å². The fraction of sp³-hybridized carbons (Fsp3) is 0.810. The fourth-order valence-electron chi connectivity index (χ4n) is 2.10. The van der Waals surface area contributed by atoms with Crippen molar-refractivity contribution >= 4 is 16.6 Å². The van der Waals surface area contributed by atoms with E-state index in [0.29, 0.717) is 6.42 Å². The maximum Gasteiger partial charge on any atom is 0.192 e. The van der Waals surface area contributed by atoms with Gasteiger partial charge in [-0.05, 0) is 36.3 Å². The fourth-order valence-corrected chi connectivity index (χ4v) is 4.86. The van der Waals surface area contributed by atoms with Gasteiger partial charge in [0.25, 0.3) is 0 Å². The van der Waals surface area contributed by atoms with Crippen molar-refractivity contribution in [3.63, 3.8) is 0 Å². The van der Waals surface area contributed by atoms with Crippen molar-refractivity contribution in [1.82, 2.24) is 0 Å². The number of terminal acetylenes is 1. The molecule has 0 amide bonds. The lowest BCUT2D eigenvalue weighted by molar-refractivity contribution is 0.0604. The molecule has 0 saturated heterocycles. The molecular weight excluding hydrogens is 340 g/mol. The van der Waals surface area contributed by atoms with Crippen LogP contribution in [0.15, 0.2) is 12.7 Å². The lowest BCUT2D eigenvalue weighted by atomic mass is 9.96. The van der Waals surface area contributed by atoms with Gasteiger partial charge in [0, 0.05) is 12.3 Å². The van der Waals surface area contributed by atoms with Gasteiger partial charge in [0.2, 0.25) is 0 Å². The molecule has 0 aromatic rings.